The van der Waals surface area contributed by atoms with Crippen LogP contribution >= 0.6 is 11.6 Å². The summed E-state index contributed by atoms with van der Waals surface area (Å²) in [7, 11) is -3.37. The lowest BCUT2D eigenvalue weighted by molar-refractivity contribution is -0.116. The summed E-state index contributed by atoms with van der Waals surface area (Å²) in [5.74, 6) is -0.254. The molecule has 0 unspecified atom stereocenters. The standard InChI is InChI=1S/C14H21ClN2O3S/c1-14(2,3)17(21(4,19)20)9-8-13(18)16-12-7-5-6-11(15)10-12/h5-7,10H,8-9H2,1-4H3,(H,16,18). The molecular formula is C14H21ClN2O3S. The molecule has 7 heteroatoms. The van der Waals surface area contributed by atoms with Crippen molar-refractivity contribution < 1.29 is 13.2 Å². The summed E-state index contributed by atoms with van der Waals surface area (Å²) in [6.07, 6.45) is 1.23. The Morgan fingerprint density at radius 1 is 1.33 bits per heavy atom. The number of anilines is 1. The first-order chi connectivity index (χ1) is 9.50. The fourth-order valence-electron chi connectivity index (χ4n) is 1.99. The highest BCUT2D eigenvalue weighted by Gasteiger charge is 2.29. The minimum atomic E-state index is -3.37. The van der Waals surface area contributed by atoms with Gasteiger partial charge in [-0.05, 0) is 39.0 Å². The van der Waals surface area contributed by atoms with E-state index in [9.17, 15) is 13.2 Å². The number of rotatable bonds is 5. The predicted molar refractivity (Wildman–Crippen MR) is 86.0 cm³/mol. The molecule has 0 atom stereocenters. The van der Waals surface area contributed by atoms with E-state index in [1.807, 2.05) is 0 Å². The van der Waals surface area contributed by atoms with E-state index in [0.29, 0.717) is 10.7 Å². The van der Waals surface area contributed by atoms with Crippen LogP contribution in [0.15, 0.2) is 24.3 Å². The first kappa shape index (κ1) is 17.9. The molecule has 0 heterocycles. The molecule has 1 N–H and O–H groups in total. The molecule has 1 aromatic rings. The van der Waals surface area contributed by atoms with E-state index in [1.165, 1.54) is 4.31 Å². The van der Waals surface area contributed by atoms with Crippen molar-refractivity contribution >= 4 is 33.2 Å². The van der Waals surface area contributed by atoms with E-state index >= 15 is 0 Å². The van der Waals surface area contributed by atoms with Gasteiger partial charge in [0.1, 0.15) is 0 Å². The number of hydrogen-bond donors (Lipinski definition) is 1. The zero-order chi connectivity index (χ0) is 16.3. The topological polar surface area (TPSA) is 66.5 Å². The van der Waals surface area contributed by atoms with Crippen LogP contribution in [0.1, 0.15) is 27.2 Å². The zero-order valence-electron chi connectivity index (χ0n) is 12.7. The molecule has 21 heavy (non-hydrogen) atoms. The molecule has 0 fully saturated rings. The monoisotopic (exact) mass is 332 g/mol. The maximum Gasteiger partial charge on any atom is 0.225 e. The van der Waals surface area contributed by atoms with Gasteiger partial charge in [0.05, 0.1) is 6.26 Å². The minimum Gasteiger partial charge on any atom is -0.326 e. The number of halogens is 1. The van der Waals surface area contributed by atoms with E-state index in [4.69, 9.17) is 11.6 Å². The summed E-state index contributed by atoms with van der Waals surface area (Å²) < 4.78 is 24.9. The molecule has 0 aliphatic carbocycles. The van der Waals surface area contributed by atoms with Crippen molar-refractivity contribution in [3.05, 3.63) is 29.3 Å². The highest BCUT2D eigenvalue weighted by Crippen LogP contribution is 2.18. The van der Waals surface area contributed by atoms with Gasteiger partial charge in [-0.2, -0.15) is 4.31 Å². The molecule has 1 rings (SSSR count). The van der Waals surface area contributed by atoms with E-state index in [2.05, 4.69) is 5.32 Å². The van der Waals surface area contributed by atoms with Crippen LogP contribution in [-0.4, -0.2) is 37.0 Å². The van der Waals surface area contributed by atoms with Crippen molar-refractivity contribution in [2.75, 3.05) is 18.1 Å². The van der Waals surface area contributed by atoms with Gasteiger partial charge in [0.15, 0.2) is 0 Å². The molecule has 0 bridgehead atoms. The largest absolute Gasteiger partial charge is 0.326 e. The van der Waals surface area contributed by atoms with Gasteiger partial charge in [-0.25, -0.2) is 8.42 Å². The lowest BCUT2D eigenvalue weighted by Crippen LogP contribution is -2.46. The van der Waals surface area contributed by atoms with Crippen LogP contribution in [0.4, 0.5) is 5.69 Å². The molecule has 0 saturated carbocycles. The molecule has 5 nitrogen and oxygen atoms in total. The van der Waals surface area contributed by atoms with E-state index in [-0.39, 0.29) is 18.9 Å². The van der Waals surface area contributed by atoms with Crippen molar-refractivity contribution in [3.8, 4) is 0 Å². The number of amides is 1. The molecule has 0 aromatic heterocycles. The van der Waals surface area contributed by atoms with Gasteiger partial charge in [0, 0.05) is 29.2 Å². The summed E-state index contributed by atoms with van der Waals surface area (Å²) in [6, 6.07) is 6.80. The Bertz CT molecular complexity index is 609. The molecule has 0 aliphatic heterocycles. The molecule has 0 spiro atoms. The fourth-order valence-corrected chi connectivity index (χ4v) is 3.60. The Labute approximate surface area is 131 Å². The highest BCUT2D eigenvalue weighted by atomic mass is 35.5. The summed E-state index contributed by atoms with van der Waals surface area (Å²) >= 11 is 5.84. The number of carbonyl (C=O) groups is 1. The second-order valence-electron chi connectivity index (χ2n) is 5.81. The van der Waals surface area contributed by atoms with Gasteiger partial charge in [-0.15, -0.1) is 0 Å². The van der Waals surface area contributed by atoms with Crippen molar-refractivity contribution in [2.24, 2.45) is 0 Å². The average molecular weight is 333 g/mol. The maximum absolute atomic E-state index is 11.9. The van der Waals surface area contributed by atoms with Crippen molar-refractivity contribution in [3.63, 3.8) is 0 Å². The quantitative estimate of drug-likeness (QED) is 0.901. The zero-order valence-corrected chi connectivity index (χ0v) is 14.3. The van der Waals surface area contributed by atoms with E-state index in [0.717, 1.165) is 6.26 Å². The molecule has 0 radical (unpaired) electrons. The SMILES string of the molecule is CC(C)(C)N(CCC(=O)Nc1cccc(Cl)c1)S(C)(=O)=O. The van der Waals surface area contributed by atoms with Crippen LogP contribution in [0, 0.1) is 0 Å². The van der Waals surface area contributed by atoms with Crippen LogP contribution in [0.2, 0.25) is 5.02 Å². The number of carbonyl (C=O) groups excluding carboxylic acids is 1. The van der Waals surface area contributed by atoms with E-state index < -0.39 is 15.6 Å². The molecule has 0 aliphatic rings. The van der Waals surface area contributed by atoms with Gasteiger partial charge in [-0.1, -0.05) is 17.7 Å². The molecule has 1 amide bonds. The highest BCUT2D eigenvalue weighted by molar-refractivity contribution is 7.88. The molecule has 118 valence electrons. The Morgan fingerprint density at radius 3 is 2.43 bits per heavy atom. The van der Waals surface area contributed by atoms with Gasteiger partial charge >= 0.3 is 0 Å². The summed E-state index contributed by atoms with van der Waals surface area (Å²) in [5.41, 5.74) is 0.0263. The predicted octanol–water partition coefficient (Wildman–Crippen LogP) is 2.73. The first-order valence-corrected chi connectivity index (χ1v) is 8.76. The van der Waals surface area contributed by atoms with Crippen molar-refractivity contribution in [1.29, 1.82) is 0 Å². The second-order valence-corrected chi connectivity index (χ2v) is 8.16. The Kier molecular flexibility index (Phi) is 5.78. The van der Waals surface area contributed by atoms with Crippen LogP contribution < -0.4 is 5.32 Å². The minimum absolute atomic E-state index is 0.0802. The van der Waals surface area contributed by atoms with Gasteiger partial charge < -0.3 is 5.32 Å². The normalized spacial score (nSPS) is 12.5. The fraction of sp³-hybridized carbons (Fsp3) is 0.500. The lowest BCUT2D eigenvalue weighted by atomic mass is 10.1. The third-order valence-corrected chi connectivity index (χ3v) is 4.56. The lowest BCUT2D eigenvalue weighted by Gasteiger charge is -2.33. The van der Waals surface area contributed by atoms with Crippen LogP contribution in [-0.2, 0) is 14.8 Å². The van der Waals surface area contributed by atoms with Gasteiger partial charge in [0.2, 0.25) is 15.9 Å². The third-order valence-electron chi connectivity index (χ3n) is 2.80. The first-order valence-electron chi connectivity index (χ1n) is 6.53. The van der Waals surface area contributed by atoms with Crippen LogP contribution in [0.25, 0.3) is 0 Å². The summed E-state index contributed by atoms with van der Waals surface area (Å²) in [5, 5.41) is 3.22. The Balaban J connectivity index is 2.67. The number of nitrogens with zero attached hydrogens (tertiary/aromatic N) is 1. The second kappa shape index (κ2) is 6.77. The Hall–Kier alpha value is -1.11. The number of hydrogen-bond acceptors (Lipinski definition) is 3. The van der Waals surface area contributed by atoms with E-state index in [1.54, 1.807) is 45.0 Å². The number of nitrogens with one attached hydrogen (secondary N) is 1. The smallest absolute Gasteiger partial charge is 0.225 e. The Morgan fingerprint density at radius 2 is 1.95 bits per heavy atom. The number of sulfonamides is 1. The summed E-state index contributed by atoms with van der Waals surface area (Å²) in [4.78, 5) is 11.9. The van der Waals surface area contributed by atoms with Crippen LogP contribution in [0.5, 0.6) is 0 Å². The van der Waals surface area contributed by atoms with Crippen LogP contribution in [0.3, 0.4) is 0 Å². The van der Waals surface area contributed by atoms with Crippen molar-refractivity contribution in [2.45, 2.75) is 32.7 Å². The molecule has 1 aromatic carbocycles. The third kappa shape index (κ3) is 6.03. The summed E-state index contributed by atoms with van der Waals surface area (Å²) in [6.45, 7) is 5.52. The number of benzene rings is 1. The maximum atomic E-state index is 11.9. The molecular weight excluding hydrogens is 312 g/mol. The van der Waals surface area contributed by atoms with Gasteiger partial charge in [-0.3, -0.25) is 4.79 Å². The van der Waals surface area contributed by atoms with Crippen molar-refractivity contribution in [1.82, 2.24) is 4.31 Å². The average Bonchev–Trinajstić information content (AvgIpc) is 2.24. The molecule has 0 saturated heterocycles. The van der Waals surface area contributed by atoms with Gasteiger partial charge in [0.25, 0.3) is 0 Å².